The van der Waals surface area contributed by atoms with Crippen LogP contribution in [0.25, 0.3) is 0 Å². The second kappa shape index (κ2) is 5.69. The fourth-order valence-corrected chi connectivity index (χ4v) is 1.58. The van der Waals surface area contributed by atoms with Crippen molar-refractivity contribution in [3.05, 3.63) is 59.4 Å². The molecule has 0 aliphatic carbocycles. The van der Waals surface area contributed by atoms with Gasteiger partial charge in [-0.1, -0.05) is 18.1 Å². The minimum Gasteiger partial charge on any atom is -0.495 e. The highest BCUT2D eigenvalue weighted by atomic mass is 16.5. The second-order valence-corrected chi connectivity index (χ2v) is 3.71. The standard InChI is InChI=1S/C15H12N2O2/c1-19-14-7-3-2-5-11(14)8-9-13-12(15(16)18)6-4-10-17-13/h2-7,10H,1H3,(H2,16,18). The minimum absolute atomic E-state index is 0.310. The number of carbonyl (C=O) groups is 1. The largest absolute Gasteiger partial charge is 0.495 e. The van der Waals surface area contributed by atoms with E-state index in [0.717, 1.165) is 5.56 Å². The Labute approximate surface area is 111 Å². The Bertz CT molecular complexity index is 669. The fraction of sp³-hybridized carbons (Fsp3) is 0.0667. The Kier molecular flexibility index (Phi) is 3.79. The third-order valence-corrected chi connectivity index (χ3v) is 2.50. The molecule has 0 unspecified atom stereocenters. The van der Waals surface area contributed by atoms with E-state index >= 15 is 0 Å². The van der Waals surface area contributed by atoms with E-state index in [9.17, 15) is 4.79 Å². The van der Waals surface area contributed by atoms with Crippen molar-refractivity contribution in [3.63, 3.8) is 0 Å². The summed E-state index contributed by atoms with van der Waals surface area (Å²) in [7, 11) is 1.58. The van der Waals surface area contributed by atoms with Crippen LogP contribution in [0.15, 0.2) is 42.6 Å². The summed E-state index contributed by atoms with van der Waals surface area (Å²) in [6.45, 7) is 0. The number of rotatable bonds is 2. The van der Waals surface area contributed by atoms with E-state index < -0.39 is 5.91 Å². The lowest BCUT2D eigenvalue weighted by Gasteiger charge is -2.01. The Hall–Kier alpha value is -2.80. The Morgan fingerprint density at radius 3 is 2.74 bits per heavy atom. The number of primary amides is 1. The van der Waals surface area contributed by atoms with Crippen LogP contribution in [0, 0.1) is 11.8 Å². The molecule has 19 heavy (non-hydrogen) atoms. The average Bonchev–Trinajstić information content (AvgIpc) is 2.45. The predicted molar refractivity (Wildman–Crippen MR) is 71.7 cm³/mol. The van der Waals surface area contributed by atoms with Crippen molar-refractivity contribution < 1.29 is 9.53 Å². The van der Waals surface area contributed by atoms with Crippen LogP contribution >= 0.6 is 0 Å². The van der Waals surface area contributed by atoms with Crippen molar-refractivity contribution in [2.24, 2.45) is 5.73 Å². The van der Waals surface area contributed by atoms with Crippen molar-refractivity contribution in [1.82, 2.24) is 4.98 Å². The molecule has 4 heteroatoms. The molecule has 0 radical (unpaired) electrons. The number of methoxy groups -OCH3 is 1. The third kappa shape index (κ3) is 2.90. The lowest BCUT2D eigenvalue weighted by Crippen LogP contribution is -2.13. The molecule has 0 saturated heterocycles. The third-order valence-electron chi connectivity index (χ3n) is 2.50. The molecule has 0 spiro atoms. The maximum Gasteiger partial charge on any atom is 0.251 e. The van der Waals surface area contributed by atoms with Crippen molar-refractivity contribution in [2.75, 3.05) is 7.11 Å². The topological polar surface area (TPSA) is 65.2 Å². The SMILES string of the molecule is COc1ccccc1C#Cc1ncccc1C(N)=O. The van der Waals surface area contributed by atoms with E-state index in [2.05, 4.69) is 16.8 Å². The maximum atomic E-state index is 11.2. The lowest BCUT2D eigenvalue weighted by atomic mass is 10.1. The fourth-order valence-electron chi connectivity index (χ4n) is 1.58. The van der Waals surface area contributed by atoms with Gasteiger partial charge in [0.1, 0.15) is 11.4 Å². The van der Waals surface area contributed by atoms with E-state index in [1.54, 1.807) is 25.4 Å². The number of nitrogens with zero attached hydrogens (tertiary/aromatic N) is 1. The Morgan fingerprint density at radius 1 is 1.21 bits per heavy atom. The van der Waals surface area contributed by atoms with Gasteiger partial charge in [-0.05, 0) is 30.2 Å². The zero-order valence-electron chi connectivity index (χ0n) is 10.4. The number of nitrogens with two attached hydrogens (primary N) is 1. The molecule has 4 nitrogen and oxygen atoms in total. The van der Waals surface area contributed by atoms with Crippen molar-refractivity contribution in [1.29, 1.82) is 0 Å². The summed E-state index contributed by atoms with van der Waals surface area (Å²) in [5, 5.41) is 0. The van der Waals surface area contributed by atoms with E-state index in [1.165, 1.54) is 0 Å². The number of aromatic nitrogens is 1. The molecule has 0 saturated carbocycles. The molecule has 2 aromatic rings. The summed E-state index contributed by atoms with van der Waals surface area (Å²) >= 11 is 0. The van der Waals surface area contributed by atoms with Crippen molar-refractivity contribution >= 4 is 5.91 Å². The van der Waals surface area contributed by atoms with Gasteiger partial charge in [0.2, 0.25) is 0 Å². The van der Waals surface area contributed by atoms with Gasteiger partial charge in [0, 0.05) is 6.20 Å². The van der Waals surface area contributed by atoms with Crippen LogP contribution in [-0.4, -0.2) is 18.0 Å². The Balaban J connectivity index is 2.42. The van der Waals surface area contributed by atoms with Gasteiger partial charge < -0.3 is 10.5 Å². The number of hydrogen-bond acceptors (Lipinski definition) is 3. The monoisotopic (exact) mass is 252 g/mol. The van der Waals surface area contributed by atoms with Crippen molar-refractivity contribution in [2.45, 2.75) is 0 Å². The summed E-state index contributed by atoms with van der Waals surface area (Å²) in [4.78, 5) is 15.3. The first-order chi connectivity index (χ1) is 9.22. The summed E-state index contributed by atoms with van der Waals surface area (Å²) in [6, 6.07) is 10.6. The first kappa shape index (κ1) is 12.7. The normalized spacial score (nSPS) is 9.32. The molecule has 0 aliphatic rings. The van der Waals surface area contributed by atoms with Crippen LogP contribution in [0.2, 0.25) is 0 Å². The number of carbonyl (C=O) groups excluding carboxylic acids is 1. The van der Waals surface area contributed by atoms with Crippen LogP contribution in [0.5, 0.6) is 5.75 Å². The summed E-state index contributed by atoms with van der Waals surface area (Å²) in [5.74, 6) is 5.90. The molecule has 0 atom stereocenters. The molecule has 1 heterocycles. The van der Waals surface area contributed by atoms with Gasteiger partial charge >= 0.3 is 0 Å². The summed E-state index contributed by atoms with van der Waals surface area (Å²) in [5.41, 5.74) is 6.67. The number of amides is 1. The lowest BCUT2D eigenvalue weighted by molar-refractivity contribution is 0.0999. The first-order valence-electron chi connectivity index (χ1n) is 5.62. The van der Waals surface area contributed by atoms with Crippen LogP contribution in [-0.2, 0) is 0 Å². The first-order valence-corrected chi connectivity index (χ1v) is 5.62. The average molecular weight is 252 g/mol. The molecule has 1 aromatic carbocycles. The second-order valence-electron chi connectivity index (χ2n) is 3.71. The molecular weight excluding hydrogens is 240 g/mol. The number of benzene rings is 1. The summed E-state index contributed by atoms with van der Waals surface area (Å²) < 4.78 is 5.20. The van der Waals surface area contributed by atoms with Gasteiger partial charge in [0.25, 0.3) is 5.91 Å². The predicted octanol–water partition coefficient (Wildman–Crippen LogP) is 1.59. The highest BCUT2D eigenvalue weighted by Crippen LogP contribution is 2.15. The van der Waals surface area contributed by atoms with E-state index in [1.807, 2.05) is 24.3 Å². The van der Waals surface area contributed by atoms with E-state index in [-0.39, 0.29) is 0 Å². The van der Waals surface area contributed by atoms with Gasteiger partial charge in [-0.2, -0.15) is 0 Å². The zero-order chi connectivity index (χ0) is 13.7. The minimum atomic E-state index is -0.544. The highest BCUT2D eigenvalue weighted by Gasteiger charge is 2.06. The van der Waals surface area contributed by atoms with Gasteiger partial charge in [0.05, 0.1) is 18.2 Å². The van der Waals surface area contributed by atoms with Crippen LogP contribution in [0.1, 0.15) is 21.6 Å². The number of pyridine rings is 1. The summed E-state index contributed by atoms with van der Waals surface area (Å²) in [6.07, 6.45) is 1.57. The molecule has 2 rings (SSSR count). The molecule has 1 aromatic heterocycles. The Morgan fingerprint density at radius 2 is 2.00 bits per heavy atom. The zero-order valence-corrected chi connectivity index (χ0v) is 10.4. The molecule has 2 N–H and O–H groups in total. The number of para-hydroxylation sites is 1. The number of ether oxygens (including phenoxy) is 1. The smallest absolute Gasteiger partial charge is 0.251 e. The van der Waals surface area contributed by atoms with E-state index in [0.29, 0.717) is 17.0 Å². The quantitative estimate of drug-likeness (QED) is 0.825. The van der Waals surface area contributed by atoms with Crippen LogP contribution < -0.4 is 10.5 Å². The van der Waals surface area contributed by atoms with Crippen LogP contribution in [0.4, 0.5) is 0 Å². The maximum absolute atomic E-state index is 11.2. The molecule has 0 bridgehead atoms. The van der Waals surface area contributed by atoms with Gasteiger partial charge in [-0.25, -0.2) is 4.98 Å². The number of hydrogen-bond donors (Lipinski definition) is 1. The van der Waals surface area contributed by atoms with Crippen LogP contribution in [0.3, 0.4) is 0 Å². The molecule has 0 fully saturated rings. The van der Waals surface area contributed by atoms with Gasteiger partial charge in [0.15, 0.2) is 0 Å². The van der Waals surface area contributed by atoms with Gasteiger partial charge in [-0.15, -0.1) is 0 Å². The van der Waals surface area contributed by atoms with Crippen molar-refractivity contribution in [3.8, 4) is 17.6 Å². The van der Waals surface area contributed by atoms with Gasteiger partial charge in [-0.3, -0.25) is 4.79 Å². The molecule has 0 aliphatic heterocycles. The van der Waals surface area contributed by atoms with E-state index in [4.69, 9.17) is 10.5 Å². The highest BCUT2D eigenvalue weighted by molar-refractivity contribution is 5.94. The molecular formula is C15H12N2O2. The molecule has 94 valence electrons. The molecule has 1 amide bonds.